The summed E-state index contributed by atoms with van der Waals surface area (Å²) in [6.07, 6.45) is 0.535. The minimum absolute atomic E-state index is 0.0976. The molecule has 1 fully saturated rings. The van der Waals surface area contributed by atoms with E-state index in [-0.39, 0.29) is 36.1 Å². The molecule has 0 unspecified atom stereocenters. The van der Waals surface area contributed by atoms with Gasteiger partial charge in [0.15, 0.2) is 0 Å². The monoisotopic (exact) mass is 362 g/mol. The Morgan fingerprint density at radius 2 is 1.96 bits per heavy atom. The third-order valence-corrected chi connectivity index (χ3v) is 5.72. The number of hydrogen-bond donors (Lipinski definition) is 0. The first-order valence-corrected chi connectivity index (χ1v) is 9.00. The van der Waals surface area contributed by atoms with Gasteiger partial charge in [-0.15, -0.1) is 0 Å². The molecule has 1 saturated heterocycles. The molecule has 25 heavy (non-hydrogen) atoms. The molecule has 2 atom stereocenters. The molecular formula is C22H27ClN2. The van der Waals surface area contributed by atoms with Crippen molar-refractivity contribution in [3.8, 4) is 0 Å². The van der Waals surface area contributed by atoms with Gasteiger partial charge in [-0.1, -0.05) is 47.9 Å². The van der Waals surface area contributed by atoms with Crippen molar-refractivity contribution in [3.05, 3.63) is 70.1 Å². The molecule has 3 heteroatoms. The molecule has 1 heterocycles. The van der Waals surface area contributed by atoms with Crippen molar-refractivity contribution in [2.75, 3.05) is 26.6 Å². The summed E-state index contributed by atoms with van der Waals surface area (Å²) in [6, 6.07) is 4.01. The zero-order valence-electron chi connectivity index (χ0n) is 22.5. The van der Waals surface area contributed by atoms with E-state index in [9.17, 15) is 0 Å². The molecule has 1 aliphatic carbocycles. The Balaban J connectivity index is 1.76. The number of benzene rings is 2. The van der Waals surface area contributed by atoms with Gasteiger partial charge in [-0.2, -0.15) is 0 Å². The second-order valence-corrected chi connectivity index (χ2v) is 7.99. The summed E-state index contributed by atoms with van der Waals surface area (Å²) >= 11 is 6.33. The summed E-state index contributed by atoms with van der Waals surface area (Å²) in [5.74, 6) is -0.375. The maximum atomic E-state index is 8.47. The molecule has 0 N–H and O–H groups in total. The fourth-order valence-electron chi connectivity index (χ4n) is 4.14. The lowest BCUT2D eigenvalue weighted by atomic mass is 9.93. The van der Waals surface area contributed by atoms with Crippen LogP contribution in [0, 0.1) is 0 Å². The van der Waals surface area contributed by atoms with E-state index in [1.807, 2.05) is 26.0 Å². The van der Waals surface area contributed by atoms with Crippen LogP contribution in [0.15, 0.2) is 48.4 Å². The van der Waals surface area contributed by atoms with Crippen LogP contribution in [0.1, 0.15) is 59.9 Å². The second kappa shape index (κ2) is 6.42. The predicted molar refractivity (Wildman–Crippen MR) is 105 cm³/mol. The van der Waals surface area contributed by atoms with Gasteiger partial charge < -0.3 is 0 Å². The van der Waals surface area contributed by atoms with Crippen LogP contribution in [0.4, 0.5) is 0 Å². The molecule has 0 bridgehead atoms. The zero-order valence-corrected chi connectivity index (χ0v) is 15.2. The van der Waals surface area contributed by atoms with Crippen molar-refractivity contribution >= 4 is 11.6 Å². The predicted octanol–water partition coefficient (Wildman–Crippen LogP) is 4.94. The first-order valence-electron chi connectivity index (χ1n) is 12.6. The van der Waals surface area contributed by atoms with Crippen molar-refractivity contribution in [2.45, 2.75) is 37.8 Å². The lowest BCUT2D eigenvalue weighted by molar-refractivity contribution is 0.0158. The number of nitrogens with zero attached hydrogens (tertiary/aromatic N) is 2. The Morgan fingerprint density at radius 1 is 1.16 bits per heavy atom. The molecule has 0 amide bonds. The molecule has 0 aromatic heterocycles. The van der Waals surface area contributed by atoms with Crippen LogP contribution < -0.4 is 0 Å². The summed E-state index contributed by atoms with van der Waals surface area (Å²) in [4.78, 5) is 3.80. The molecular weight excluding hydrogens is 328 g/mol. The van der Waals surface area contributed by atoms with Crippen LogP contribution >= 0.6 is 11.6 Å². The van der Waals surface area contributed by atoms with Gasteiger partial charge in [0.05, 0.1) is 6.85 Å². The van der Waals surface area contributed by atoms with Crippen molar-refractivity contribution in [2.24, 2.45) is 0 Å². The highest BCUT2D eigenvalue weighted by Crippen LogP contribution is 2.48. The van der Waals surface area contributed by atoms with Gasteiger partial charge >= 0.3 is 0 Å². The fraction of sp³-hybridized carbons (Fsp3) is 0.455. The highest BCUT2D eigenvalue weighted by atomic mass is 35.5. The number of halogens is 1. The average Bonchev–Trinajstić information content (AvgIpc) is 3.07. The Morgan fingerprint density at radius 3 is 2.68 bits per heavy atom. The minimum atomic E-state index is -2.18. The zero-order chi connectivity index (χ0) is 24.5. The van der Waals surface area contributed by atoms with E-state index in [1.165, 1.54) is 0 Å². The number of rotatable bonds is 2. The van der Waals surface area contributed by atoms with Crippen molar-refractivity contribution < 1.29 is 11.0 Å². The standard InChI is InChI=1S/C22H27ClN2/c1-22(2)15-25(12-11-24(22)3)21-14-19(16-7-5-4-6-8-16)18-10-9-17(23)13-20(18)21/h4-10,13,19,21H,11-12,14-15H2,1-3H3/t19-,21+/m0/s1/i3D3,4D,5D,6D,7D,8D. The van der Waals surface area contributed by atoms with E-state index in [2.05, 4.69) is 4.90 Å². The van der Waals surface area contributed by atoms with E-state index in [4.69, 9.17) is 22.6 Å². The van der Waals surface area contributed by atoms with E-state index < -0.39 is 18.6 Å². The van der Waals surface area contributed by atoms with Crippen molar-refractivity contribution in [1.82, 2.24) is 9.80 Å². The van der Waals surface area contributed by atoms with Crippen LogP contribution in [0.25, 0.3) is 0 Å². The van der Waals surface area contributed by atoms with E-state index in [1.54, 1.807) is 11.0 Å². The summed E-state index contributed by atoms with van der Waals surface area (Å²) in [6.45, 7) is 3.12. The van der Waals surface area contributed by atoms with Crippen LogP contribution in [0.2, 0.25) is 5.02 Å². The summed E-state index contributed by atoms with van der Waals surface area (Å²) < 4.78 is 64.7. The summed E-state index contributed by atoms with van der Waals surface area (Å²) in [5.41, 5.74) is 1.58. The Labute approximate surface area is 167 Å². The molecule has 4 rings (SSSR count). The largest absolute Gasteiger partial charge is 0.299 e. The number of hydrogen-bond acceptors (Lipinski definition) is 2. The molecule has 2 aromatic rings. The van der Waals surface area contributed by atoms with Gasteiger partial charge in [-0.05, 0) is 56.1 Å². The maximum absolute atomic E-state index is 8.47. The first-order chi connectivity index (χ1) is 15.2. The van der Waals surface area contributed by atoms with E-state index in [0.717, 1.165) is 11.1 Å². The minimum Gasteiger partial charge on any atom is -0.299 e. The highest BCUT2D eigenvalue weighted by Gasteiger charge is 2.40. The van der Waals surface area contributed by atoms with Crippen LogP contribution in [0.5, 0.6) is 0 Å². The normalized spacial score (nSPS) is 31.6. The lowest BCUT2D eigenvalue weighted by Gasteiger charge is -2.47. The number of fused-ring (bicyclic) bond motifs is 1. The quantitative estimate of drug-likeness (QED) is 0.746. The van der Waals surface area contributed by atoms with Gasteiger partial charge in [0.2, 0.25) is 0 Å². The molecule has 2 nitrogen and oxygen atoms in total. The van der Waals surface area contributed by atoms with Crippen LogP contribution in [-0.4, -0.2) is 41.9 Å². The smallest absolute Gasteiger partial charge is 0.0626 e. The Hall–Kier alpha value is -1.35. The molecule has 132 valence electrons. The van der Waals surface area contributed by atoms with Crippen LogP contribution in [-0.2, 0) is 0 Å². The first kappa shape index (κ1) is 10.1. The fourth-order valence-corrected chi connectivity index (χ4v) is 4.32. The maximum Gasteiger partial charge on any atom is 0.0626 e. The molecule has 0 radical (unpaired) electrons. The summed E-state index contributed by atoms with van der Waals surface area (Å²) in [5, 5.41) is 0.570. The highest BCUT2D eigenvalue weighted by molar-refractivity contribution is 6.30. The SMILES string of the molecule is [2H]c1c([2H])c([2H])c([C@@H]2C[C@@H](N3CCN(C([2H])([2H])[2H])C(C)(C)C3)c3cc(Cl)ccc32)c([2H])c1[2H]. The second-order valence-electron chi connectivity index (χ2n) is 7.55. The van der Waals surface area contributed by atoms with E-state index in [0.29, 0.717) is 36.6 Å². The molecule has 1 aliphatic heterocycles. The third-order valence-electron chi connectivity index (χ3n) is 5.48. The van der Waals surface area contributed by atoms with Gasteiger partial charge in [0, 0.05) is 46.3 Å². The van der Waals surface area contributed by atoms with Crippen molar-refractivity contribution in [1.29, 1.82) is 0 Å². The van der Waals surface area contributed by atoms with E-state index >= 15 is 0 Å². The topological polar surface area (TPSA) is 6.48 Å². The number of likely N-dealkylation sites (N-methyl/N-ethyl adjacent to an activating group) is 1. The molecule has 0 spiro atoms. The number of piperazine rings is 1. The van der Waals surface area contributed by atoms with Gasteiger partial charge in [0.1, 0.15) is 0 Å². The third kappa shape index (κ3) is 3.12. The molecule has 2 aliphatic rings. The summed E-state index contributed by atoms with van der Waals surface area (Å²) in [7, 11) is 0. The van der Waals surface area contributed by atoms with Gasteiger partial charge in [0.25, 0.3) is 0 Å². The van der Waals surface area contributed by atoms with Gasteiger partial charge in [-0.25, -0.2) is 0 Å². The Bertz CT molecular complexity index is 1070. The van der Waals surface area contributed by atoms with Crippen LogP contribution in [0.3, 0.4) is 0 Å². The van der Waals surface area contributed by atoms with Gasteiger partial charge in [-0.3, -0.25) is 9.80 Å². The molecule has 0 saturated carbocycles. The van der Waals surface area contributed by atoms with Crippen molar-refractivity contribution in [3.63, 3.8) is 0 Å². The Kier molecular flexibility index (Phi) is 2.60. The molecule has 2 aromatic carbocycles. The lowest BCUT2D eigenvalue weighted by Crippen LogP contribution is -2.58. The average molecular weight is 363 g/mol.